The van der Waals surface area contributed by atoms with Gasteiger partial charge in [-0.3, -0.25) is 9.55 Å². The Morgan fingerprint density at radius 3 is 2.26 bits per heavy atom. The van der Waals surface area contributed by atoms with Gasteiger partial charge in [0.05, 0.1) is 26.8 Å². The second-order valence-electron chi connectivity index (χ2n) is 9.60. The largest absolute Gasteiger partial charge is 0.507 e. The number of nitrogens with zero attached hydrogens (tertiary/aromatic N) is 3. The van der Waals surface area contributed by atoms with E-state index in [2.05, 4.69) is 71.3 Å². The van der Waals surface area contributed by atoms with E-state index in [0.29, 0.717) is 11.4 Å². The van der Waals surface area contributed by atoms with Crippen LogP contribution >= 0.6 is 11.3 Å². The third-order valence-corrected chi connectivity index (χ3v) is 8.56. The second-order valence-corrected chi connectivity index (χ2v) is 10.6. The van der Waals surface area contributed by atoms with E-state index in [-0.39, 0.29) is 5.75 Å². The van der Waals surface area contributed by atoms with Crippen LogP contribution in [-0.2, 0) is 0 Å². The maximum absolute atomic E-state index is 10.8. The zero-order valence-electron chi connectivity index (χ0n) is 20.7. The van der Waals surface area contributed by atoms with Crippen molar-refractivity contribution in [3.8, 4) is 34.0 Å². The Kier molecular flexibility index (Phi) is 4.81. The zero-order valence-corrected chi connectivity index (χ0v) is 21.6. The fourth-order valence-electron chi connectivity index (χ4n) is 5.64. The Hall–Kier alpha value is -5.00. The molecule has 8 rings (SSSR count). The number of fused-ring (bicyclic) bond motifs is 6. The maximum Gasteiger partial charge on any atom is 0.149 e. The second kappa shape index (κ2) is 8.51. The van der Waals surface area contributed by atoms with Gasteiger partial charge in [0.25, 0.3) is 0 Å². The molecule has 4 nitrogen and oxygen atoms in total. The first kappa shape index (κ1) is 22.0. The molecule has 3 aromatic heterocycles. The molecule has 3 heterocycles. The minimum atomic E-state index is 0.203. The quantitative estimate of drug-likeness (QED) is 0.253. The SMILES string of the molecule is Oc1ccccc1-c1nc2c(-c3cc4c5ncccc5sc4c4ccccc34)cccc2n1-c1ccccc1. The number of benzene rings is 5. The summed E-state index contributed by atoms with van der Waals surface area (Å²) in [6.07, 6.45) is 1.87. The molecule has 184 valence electrons. The summed E-state index contributed by atoms with van der Waals surface area (Å²) in [6.45, 7) is 0. The lowest BCUT2D eigenvalue weighted by Gasteiger charge is -2.11. The van der Waals surface area contributed by atoms with Crippen molar-refractivity contribution in [2.75, 3.05) is 0 Å². The van der Waals surface area contributed by atoms with E-state index in [4.69, 9.17) is 9.97 Å². The summed E-state index contributed by atoms with van der Waals surface area (Å²) in [6, 6.07) is 38.9. The average Bonchev–Trinajstić information content (AvgIpc) is 3.56. The Morgan fingerprint density at radius 2 is 1.38 bits per heavy atom. The van der Waals surface area contributed by atoms with Gasteiger partial charge in [-0.15, -0.1) is 11.3 Å². The van der Waals surface area contributed by atoms with Crippen molar-refractivity contribution in [2.24, 2.45) is 0 Å². The van der Waals surface area contributed by atoms with Crippen LogP contribution in [-0.4, -0.2) is 19.6 Å². The topological polar surface area (TPSA) is 50.9 Å². The number of hydrogen-bond acceptors (Lipinski definition) is 4. The van der Waals surface area contributed by atoms with Crippen LogP contribution < -0.4 is 0 Å². The van der Waals surface area contributed by atoms with Gasteiger partial charge in [-0.1, -0.05) is 66.7 Å². The summed E-state index contributed by atoms with van der Waals surface area (Å²) in [5, 5.41) is 14.4. The minimum absolute atomic E-state index is 0.203. The molecule has 0 radical (unpaired) electrons. The van der Waals surface area contributed by atoms with E-state index < -0.39 is 0 Å². The van der Waals surface area contributed by atoms with E-state index in [1.807, 2.05) is 48.7 Å². The van der Waals surface area contributed by atoms with Gasteiger partial charge >= 0.3 is 0 Å². The zero-order chi connectivity index (χ0) is 25.9. The number of phenolic OH excluding ortho intramolecular Hbond substituents is 1. The van der Waals surface area contributed by atoms with Gasteiger partial charge in [0.15, 0.2) is 0 Å². The maximum atomic E-state index is 10.8. The normalized spacial score (nSPS) is 11.7. The van der Waals surface area contributed by atoms with Crippen molar-refractivity contribution >= 4 is 53.4 Å². The number of para-hydroxylation sites is 3. The Balaban J connectivity index is 1.50. The standard InChI is InChI=1S/C34H21N3OS/c38-29-17-7-6-14-25(29)34-36-31-23(15-8-16-28(31)37(34)21-10-2-1-3-11-21)26-20-27-32-30(18-9-19-35-32)39-33(27)24-13-5-4-12-22(24)26/h1-20,38H. The number of thiophene rings is 1. The summed E-state index contributed by atoms with van der Waals surface area (Å²) in [4.78, 5) is 9.97. The molecule has 0 saturated heterocycles. The molecule has 0 atom stereocenters. The first-order valence-corrected chi connectivity index (χ1v) is 13.6. The highest BCUT2D eigenvalue weighted by Gasteiger charge is 2.21. The summed E-state index contributed by atoms with van der Waals surface area (Å²) < 4.78 is 4.57. The molecule has 0 aliphatic carbocycles. The fourth-order valence-corrected chi connectivity index (χ4v) is 6.82. The highest BCUT2D eigenvalue weighted by Crippen LogP contribution is 2.44. The summed E-state index contributed by atoms with van der Waals surface area (Å²) >= 11 is 1.79. The van der Waals surface area contributed by atoms with Gasteiger partial charge in [-0.05, 0) is 59.5 Å². The smallest absolute Gasteiger partial charge is 0.149 e. The number of pyridine rings is 1. The van der Waals surface area contributed by atoms with Crippen LogP contribution in [0.2, 0.25) is 0 Å². The fraction of sp³-hybridized carbons (Fsp3) is 0. The van der Waals surface area contributed by atoms with Crippen LogP contribution in [0, 0.1) is 0 Å². The number of aromatic hydroxyl groups is 1. The highest BCUT2D eigenvalue weighted by molar-refractivity contribution is 7.26. The van der Waals surface area contributed by atoms with Gasteiger partial charge < -0.3 is 5.11 Å². The van der Waals surface area contributed by atoms with Crippen LogP contribution in [0.15, 0.2) is 121 Å². The predicted octanol–water partition coefficient (Wildman–Crippen LogP) is 8.98. The van der Waals surface area contributed by atoms with Crippen LogP contribution in [0.1, 0.15) is 0 Å². The summed E-state index contributed by atoms with van der Waals surface area (Å²) in [5.74, 6) is 0.906. The van der Waals surface area contributed by atoms with E-state index >= 15 is 0 Å². The third-order valence-electron chi connectivity index (χ3n) is 7.37. The van der Waals surface area contributed by atoms with Crippen molar-refractivity contribution in [3.05, 3.63) is 121 Å². The molecule has 0 unspecified atom stereocenters. The number of phenols is 1. The first-order valence-electron chi connectivity index (χ1n) is 12.8. The van der Waals surface area contributed by atoms with E-state index in [9.17, 15) is 5.11 Å². The third kappa shape index (κ3) is 3.30. The molecule has 5 aromatic carbocycles. The lowest BCUT2D eigenvalue weighted by Crippen LogP contribution is -1.97. The van der Waals surface area contributed by atoms with Crippen molar-refractivity contribution in [3.63, 3.8) is 0 Å². The molecule has 0 aliphatic heterocycles. The van der Waals surface area contributed by atoms with Crippen LogP contribution in [0.3, 0.4) is 0 Å². The Bertz CT molecular complexity index is 2190. The van der Waals surface area contributed by atoms with Crippen molar-refractivity contribution in [2.45, 2.75) is 0 Å². The average molecular weight is 520 g/mol. The van der Waals surface area contributed by atoms with Crippen molar-refractivity contribution in [1.82, 2.24) is 14.5 Å². The van der Waals surface area contributed by atoms with Gasteiger partial charge in [-0.2, -0.15) is 0 Å². The van der Waals surface area contributed by atoms with Crippen molar-refractivity contribution in [1.29, 1.82) is 0 Å². The first-order chi connectivity index (χ1) is 19.3. The molecule has 0 bridgehead atoms. The molecule has 0 fully saturated rings. The molecule has 1 N–H and O–H groups in total. The van der Waals surface area contributed by atoms with Gasteiger partial charge in [0.1, 0.15) is 11.6 Å². The number of rotatable bonds is 3. The van der Waals surface area contributed by atoms with E-state index in [1.54, 1.807) is 17.4 Å². The number of hydrogen-bond donors (Lipinski definition) is 1. The number of aromatic nitrogens is 3. The summed E-state index contributed by atoms with van der Waals surface area (Å²) in [7, 11) is 0. The number of imidazole rings is 1. The lowest BCUT2D eigenvalue weighted by atomic mass is 9.95. The van der Waals surface area contributed by atoms with E-state index in [1.165, 1.54) is 20.2 Å². The van der Waals surface area contributed by atoms with Gasteiger partial charge in [0, 0.05) is 32.9 Å². The molecular weight excluding hydrogens is 498 g/mol. The lowest BCUT2D eigenvalue weighted by molar-refractivity contribution is 0.477. The Labute approximate surface area is 228 Å². The van der Waals surface area contributed by atoms with Crippen LogP contribution in [0.5, 0.6) is 5.75 Å². The molecule has 0 aliphatic rings. The summed E-state index contributed by atoms with van der Waals surface area (Å²) in [5.41, 5.74) is 6.75. The molecule has 39 heavy (non-hydrogen) atoms. The molecule has 0 amide bonds. The van der Waals surface area contributed by atoms with E-state index in [0.717, 1.165) is 38.8 Å². The molecule has 5 heteroatoms. The molecule has 0 spiro atoms. The van der Waals surface area contributed by atoms with Gasteiger partial charge in [-0.25, -0.2) is 4.98 Å². The Morgan fingerprint density at radius 1 is 0.615 bits per heavy atom. The van der Waals surface area contributed by atoms with Crippen molar-refractivity contribution < 1.29 is 5.11 Å². The highest BCUT2D eigenvalue weighted by atomic mass is 32.1. The predicted molar refractivity (Wildman–Crippen MR) is 162 cm³/mol. The minimum Gasteiger partial charge on any atom is -0.507 e. The molecular formula is C34H21N3OS. The monoisotopic (exact) mass is 519 g/mol. The molecule has 8 aromatic rings. The molecule has 0 saturated carbocycles. The van der Waals surface area contributed by atoms with Gasteiger partial charge in [0.2, 0.25) is 0 Å². The van der Waals surface area contributed by atoms with Crippen LogP contribution in [0.25, 0.3) is 70.3 Å². The van der Waals surface area contributed by atoms with Crippen LogP contribution in [0.4, 0.5) is 0 Å².